The zero-order chi connectivity index (χ0) is 24.3. The normalized spacial score (nSPS) is 10.3. The molecule has 7 nitrogen and oxygen atoms in total. The minimum atomic E-state index is -0.795. The molecule has 0 saturated heterocycles. The minimum absolute atomic E-state index is 0.0695. The number of methoxy groups -OCH3 is 1. The van der Waals surface area contributed by atoms with E-state index in [2.05, 4.69) is 10.6 Å². The van der Waals surface area contributed by atoms with Crippen molar-refractivity contribution in [1.82, 2.24) is 0 Å². The second-order valence-electron chi connectivity index (χ2n) is 7.14. The molecule has 178 valence electrons. The van der Waals surface area contributed by atoms with E-state index in [-0.39, 0.29) is 37.2 Å². The molecule has 0 aliphatic carbocycles. The van der Waals surface area contributed by atoms with Gasteiger partial charge in [0.15, 0.2) is 29.7 Å². The fourth-order valence-corrected chi connectivity index (χ4v) is 2.98. The highest BCUT2D eigenvalue weighted by molar-refractivity contribution is 5.94. The van der Waals surface area contributed by atoms with Crippen LogP contribution in [0.4, 0.5) is 20.2 Å². The van der Waals surface area contributed by atoms with Crippen LogP contribution in [-0.2, 0) is 9.59 Å². The molecule has 9 heteroatoms. The first-order valence-electron chi connectivity index (χ1n) is 10.5. The Labute approximate surface area is 195 Å². The van der Waals surface area contributed by atoms with E-state index in [9.17, 15) is 18.4 Å². The smallest absolute Gasteiger partial charge is 0.262 e. The van der Waals surface area contributed by atoms with Gasteiger partial charge in [-0.15, -0.1) is 0 Å². The second kappa shape index (κ2) is 12.2. The largest absolute Gasteiger partial charge is 0.493 e. The summed E-state index contributed by atoms with van der Waals surface area (Å²) in [5, 5.41) is 5.43. The van der Waals surface area contributed by atoms with Gasteiger partial charge in [-0.1, -0.05) is 18.2 Å². The molecule has 0 unspecified atom stereocenters. The van der Waals surface area contributed by atoms with Gasteiger partial charge in [0.25, 0.3) is 5.91 Å². The number of benzene rings is 3. The highest BCUT2D eigenvalue weighted by Gasteiger charge is 2.09. The van der Waals surface area contributed by atoms with Crippen molar-refractivity contribution in [3.8, 4) is 17.2 Å². The molecule has 0 saturated carbocycles. The molecule has 0 fully saturated rings. The summed E-state index contributed by atoms with van der Waals surface area (Å²) in [6, 6.07) is 16.7. The maximum atomic E-state index is 13.5. The molecule has 0 heterocycles. The molecule has 2 N–H and O–H groups in total. The topological polar surface area (TPSA) is 85.9 Å². The lowest BCUT2D eigenvalue weighted by molar-refractivity contribution is -0.118. The summed E-state index contributed by atoms with van der Waals surface area (Å²) in [7, 11) is 1.51. The van der Waals surface area contributed by atoms with Crippen LogP contribution in [-0.4, -0.2) is 32.1 Å². The van der Waals surface area contributed by atoms with Gasteiger partial charge in [0, 0.05) is 23.9 Å². The van der Waals surface area contributed by atoms with Crippen molar-refractivity contribution >= 4 is 23.2 Å². The predicted molar refractivity (Wildman–Crippen MR) is 123 cm³/mol. The van der Waals surface area contributed by atoms with Gasteiger partial charge in [0.2, 0.25) is 5.91 Å². The number of carbonyl (C=O) groups is 2. The molecule has 3 aromatic carbocycles. The molecule has 0 bridgehead atoms. The summed E-state index contributed by atoms with van der Waals surface area (Å²) >= 11 is 0. The van der Waals surface area contributed by atoms with Gasteiger partial charge in [-0.3, -0.25) is 9.59 Å². The van der Waals surface area contributed by atoms with E-state index < -0.39 is 11.6 Å². The zero-order valence-corrected chi connectivity index (χ0v) is 18.5. The van der Waals surface area contributed by atoms with Crippen LogP contribution >= 0.6 is 0 Å². The van der Waals surface area contributed by atoms with Gasteiger partial charge in [-0.25, -0.2) is 8.78 Å². The van der Waals surface area contributed by atoms with Crippen molar-refractivity contribution in [3.05, 3.63) is 78.4 Å². The molecular weight excluding hydrogens is 446 g/mol. The van der Waals surface area contributed by atoms with Crippen LogP contribution in [0.1, 0.15) is 12.8 Å². The number of rotatable bonds is 11. The van der Waals surface area contributed by atoms with Gasteiger partial charge >= 0.3 is 0 Å². The van der Waals surface area contributed by atoms with E-state index in [1.165, 1.54) is 13.2 Å². The summed E-state index contributed by atoms with van der Waals surface area (Å²) in [5.74, 6) is -1.23. The molecule has 0 atom stereocenters. The van der Waals surface area contributed by atoms with E-state index in [0.29, 0.717) is 29.3 Å². The summed E-state index contributed by atoms with van der Waals surface area (Å²) in [5.41, 5.74) is 0.987. The molecule has 3 rings (SSSR count). The van der Waals surface area contributed by atoms with Gasteiger partial charge < -0.3 is 24.8 Å². The van der Waals surface area contributed by atoms with Gasteiger partial charge in [0.05, 0.1) is 13.7 Å². The zero-order valence-electron chi connectivity index (χ0n) is 18.5. The van der Waals surface area contributed by atoms with Crippen molar-refractivity contribution in [3.63, 3.8) is 0 Å². The number of ether oxygens (including phenoxy) is 3. The van der Waals surface area contributed by atoms with Crippen molar-refractivity contribution in [2.45, 2.75) is 12.8 Å². The molecule has 0 aromatic heterocycles. The lowest BCUT2D eigenvalue weighted by Crippen LogP contribution is -2.20. The van der Waals surface area contributed by atoms with Crippen molar-refractivity contribution < 1.29 is 32.6 Å². The van der Waals surface area contributed by atoms with Crippen LogP contribution in [0, 0.1) is 11.6 Å². The van der Waals surface area contributed by atoms with E-state index in [0.717, 1.165) is 12.1 Å². The fourth-order valence-electron chi connectivity index (χ4n) is 2.98. The lowest BCUT2D eigenvalue weighted by Gasteiger charge is -2.11. The van der Waals surface area contributed by atoms with E-state index >= 15 is 0 Å². The SMILES string of the molecule is COc1ccccc1OCC(=O)Nc1cccc(NC(=O)CCCOc2ccc(F)cc2F)c1. The van der Waals surface area contributed by atoms with Crippen LogP contribution in [0.3, 0.4) is 0 Å². The molecule has 34 heavy (non-hydrogen) atoms. The molecule has 3 aromatic rings. The monoisotopic (exact) mass is 470 g/mol. The van der Waals surface area contributed by atoms with Crippen LogP contribution in [0.2, 0.25) is 0 Å². The first kappa shape index (κ1) is 24.5. The minimum Gasteiger partial charge on any atom is -0.493 e. The van der Waals surface area contributed by atoms with Crippen molar-refractivity contribution in [2.24, 2.45) is 0 Å². The summed E-state index contributed by atoms with van der Waals surface area (Å²) in [6.07, 6.45) is 0.464. The Morgan fingerprint density at radius 1 is 0.794 bits per heavy atom. The second-order valence-corrected chi connectivity index (χ2v) is 7.14. The number of carbonyl (C=O) groups excluding carboxylic acids is 2. The van der Waals surface area contributed by atoms with E-state index in [4.69, 9.17) is 14.2 Å². The Hall–Kier alpha value is -4.14. The Morgan fingerprint density at radius 2 is 1.50 bits per heavy atom. The summed E-state index contributed by atoms with van der Waals surface area (Å²) in [6.45, 7) is -0.121. The lowest BCUT2D eigenvalue weighted by atomic mass is 10.2. The maximum Gasteiger partial charge on any atom is 0.262 e. The van der Waals surface area contributed by atoms with Crippen LogP contribution in [0.5, 0.6) is 17.2 Å². The van der Waals surface area contributed by atoms with Gasteiger partial charge in [-0.2, -0.15) is 0 Å². The molecule has 0 aliphatic heterocycles. The quantitative estimate of drug-likeness (QED) is 0.394. The van der Waals surface area contributed by atoms with E-state index in [1.807, 2.05) is 0 Å². The average Bonchev–Trinajstić information content (AvgIpc) is 2.82. The Kier molecular flexibility index (Phi) is 8.79. The molecule has 0 radical (unpaired) electrons. The molecule has 2 amide bonds. The highest BCUT2D eigenvalue weighted by atomic mass is 19.1. The highest BCUT2D eigenvalue weighted by Crippen LogP contribution is 2.25. The number of hydrogen-bond acceptors (Lipinski definition) is 5. The number of halogens is 2. The van der Waals surface area contributed by atoms with Crippen molar-refractivity contribution in [2.75, 3.05) is 31.0 Å². The van der Waals surface area contributed by atoms with Crippen molar-refractivity contribution in [1.29, 1.82) is 0 Å². The standard InChI is InChI=1S/C25H24F2N2O5/c1-32-22-8-2-3-9-23(22)34-16-25(31)29-19-7-4-6-18(15-19)28-24(30)10-5-13-33-21-12-11-17(26)14-20(21)27/h2-4,6-9,11-12,14-15H,5,10,13,16H2,1H3,(H,28,30)(H,29,31). The predicted octanol–water partition coefficient (Wildman–Crippen LogP) is 4.79. The maximum absolute atomic E-state index is 13.5. The first-order valence-corrected chi connectivity index (χ1v) is 10.5. The Balaban J connectivity index is 1.42. The van der Waals surface area contributed by atoms with Gasteiger partial charge in [0.1, 0.15) is 5.82 Å². The van der Waals surface area contributed by atoms with Gasteiger partial charge in [-0.05, 0) is 48.9 Å². The third-order valence-corrected chi connectivity index (χ3v) is 4.56. The van der Waals surface area contributed by atoms with Crippen LogP contribution in [0.25, 0.3) is 0 Å². The number of nitrogens with one attached hydrogen (secondary N) is 2. The third kappa shape index (κ3) is 7.47. The first-order chi connectivity index (χ1) is 16.4. The van der Waals surface area contributed by atoms with Crippen LogP contribution in [0.15, 0.2) is 66.7 Å². The third-order valence-electron chi connectivity index (χ3n) is 4.56. The molecule has 0 spiro atoms. The molecular formula is C25H24F2N2O5. The number of amides is 2. The number of anilines is 2. The Bertz CT molecular complexity index is 1140. The number of hydrogen-bond donors (Lipinski definition) is 2. The van der Waals surface area contributed by atoms with E-state index in [1.54, 1.807) is 48.5 Å². The molecule has 0 aliphatic rings. The Morgan fingerprint density at radius 3 is 2.21 bits per heavy atom. The fraction of sp³-hybridized carbons (Fsp3) is 0.200. The van der Waals surface area contributed by atoms with Crippen LogP contribution < -0.4 is 24.8 Å². The number of para-hydroxylation sites is 2. The summed E-state index contributed by atoms with van der Waals surface area (Å²) < 4.78 is 42.3. The average molecular weight is 470 g/mol. The summed E-state index contributed by atoms with van der Waals surface area (Å²) in [4.78, 5) is 24.4.